The first-order valence-corrected chi connectivity index (χ1v) is 5.08. The van der Waals surface area contributed by atoms with E-state index in [0.717, 1.165) is 25.6 Å². The molecular formula is C10H23NO2. The van der Waals surface area contributed by atoms with Crippen LogP contribution in [0.3, 0.4) is 0 Å². The van der Waals surface area contributed by atoms with Gasteiger partial charge < -0.3 is 14.8 Å². The van der Waals surface area contributed by atoms with Crippen LogP contribution in [0.2, 0.25) is 0 Å². The van der Waals surface area contributed by atoms with Crippen LogP contribution >= 0.6 is 0 Å². The Hall–Kier alpha value is -0.120. The van der Waals surface area contributed by atoms with E-state index in [4.69, 9.17) is 9.47 Å². The molecule has 3 nitrogen and oxygen atoms in total. The van der Waals surface area contributed by atoms with Crippen LogP contribution < -0.4 is 5.32 Å². The van der Waals surface area contributed by atoms with E-state index < -0.39 is 0 Å². The molecule has 0 fully saturated rings. The van der Waals surface area contributed by atoms with Crippen molar-refractivity contribution in [2.75, 3.05) is 40.0 Å². The second-order valence-electron chi connectivity index (χ2n) is 3.32. The first kappa shape index (κ1) is 12.9. The Kier molecular flexibility index (Phi) is 9.87. The first-order valence-electron chi connectivity index (χ1n) is 5.08. The third-order valence-electron chi connectivity index (χ3n) is 2.04. The minimum Gasteiger partial charge on any atom is -0.382 e. The van der Waals surface area contributed by atoms with Crippen LogP contribution in [-0.2, 0) is 9.47 Å². The highest BCUT2D eigenvalue weighted by molar-refractivity contribution is 4.53. The van der Waals surface area contributed by atoms with E-state index in [1.807, 2.05) is 0 Å². The van der Waals surface area contributed by atoms with Crippen molar-refractivity contribution in [3.8, 4) is 0 Å². The molecule has 0 spiro atoms. The summed E-state index contributed by atoms with van der Waals surface area (Å²) in [5, 5.41) is 3.35. The number of ether oxygens (including phenoxy) is 2. The van der Waals surface area contributed by atoms with Crippen LogP contribution in [-0.4, -0.2) is 40.0 Å². The second kappa shape index (κ2) is 9.96. The summed E-state index contributed by atoms with van der Waals surface area (Å²) < 4.78 is 10.2. The highest BCUT2D eigenvalue weighted by Crippen LogP contribution is 1.96. The number of hydrogen-bond acceptors (Lipinski definition) is 3. The van der Waals surface area contributed by atoms with Crippen molar-refractivity contribution in [3.63, 3.8) is 0 Å². The zero-order valence-electron chi connectivity index (χ0n) is 9.14. The van der Waals surface area contributed by atoms with Gasteiger partial charge in [-0.2, -0.15) is 0 Å². The minimum atomic E-state index is 0.686. The molecule has 0 aliphatic heterocycles. The van der Waals surface area contributed by atoms with Crippen LogP contribution in [0.4, 0.5) is 0 Å². The van der Waals surface area contributed by atoms with Crippen molar-refractivity contribution in [2.24, 2.45) is 5.92 Å². The van der Waals surface area contributed by atoms with Gasteiger partial charge in [0.25, 0.3) is 0 Å². The van der Waals surface area contributed by atoms with Gasteiger partial charge in [-0.25, -0.2) is 0 Å². The van der Waals surface area contributed by atoms with Crippen LogP contribution in [0.25, 0.3) is 0 Å². The highest BCUT2D eigenvalue weighted by Gasteiger charge is 1.96. The number of methoxy groups -OCH3 is 1. The zero-order valence-corrected chi connectivity index (χ0v) is 9.14. The van der Waals surface area contributed by atoms with Gasteiger partial charge in [-0.3, -0.25) is 0 Å². The van der Waals surface area contributed by atoms with Crippen LogP contribution in [0.5, 0.6) is 0 Å². The van der Waals surface area contributed by atoms with Gasteiger partial charge in [0.2, 0.25) is 0 Å². The van der Waals surface area contributed by atoms with Gasteiger partial charge in [-0.15, -0.1) is 0 Å². The monoisotopic (exact) mass is 189 g/mol. The quantitative estimate of drug-likeness (QED) is 0.554. The Labute approximate surface area is 81.8 Å². The molecule has 3 heteroatoms. The molecule has 13 heavy (non-hydrogen) atoms. The molecule has 0 saturated heterocycles. The van der Waals surface area contributed by atoms with Gasteiger partial charge in [0.1, 0.15) is 0 Å². The SMILES string of the molecule is CCC(C)CNCCOCCOC. The van der Waals surface area contributed by atoms with E-state index in [0.29, 0.717) is 13.2 Å². The van der Waals surface area contributed by atoms with E-state index in [1.54, 1.807) is 7.11 Å². The van der Waals surface area contributed by atoms with E-state index in [2.05, 4.69) is 19.2 Å². The largest absolute Gasteiger partial charge is 0.382 e. The lowest BCUT2D eigenvalue weighted by molar-refractivity contribution is 0.0717. The molecule has 0 rings (SSSR count). The third kappa shape index (κ3) is 9.80. The lowest BCUT2D eigenvalue weighted by Crippen LogP contribution is -2.25. The van der Waals surface area contributed by atoms with Crippen molar-refractivity contribution in [3.05, 3.63) is 0 Å². The Bertz CT molecular complexity index is 98.9. The topological polar surface area (TPSA) is 30.5 Å². The van der Waals surface area contributed by atoms with Crippen molar-refractivity contribution < 1.29 is 9.47 Å². The summed E-state index contributed by atoms with van der Waals surface area (Å²) in [6, 6.07) is 0. The first-order chi connectivity index (χ1) is 6.31. The molecule has 0 heterocycles. The molecule has 0 aromatic heterocycles. The summed E-state index contributed by atoms with van der Waals surface area (Å²) in [4.78, 5) is 0. The number of rotatable bonds is 9. The van der Waals surface area contributed by atoms with Crippen LogP contribution in [0, 0.1) is 5.92 Å². The summed E-state index contributed by atoms with van der Waals surface area (Å²) in [6.45, 7) is 8.64. The molecule has 0 amide bonds. The summed E-state index contributed by atoms with van der Waals surface area (Å²) in [6.07, 6.45) is 1.23. The maximum Gasteiger partial charge on any atom is 0.0700 e. The van der Waals surface area contributed by atoms with Crippen LogP contribution in [0.1, 0.15) is 20.3 Å². The van der Waals surface area contributed by atoms with E-state index in [-0.39, 0.29) is 0 Å². The van der Waals surface area contributed by atoms with Crippen molar-refractivity contribution in [1.82, 2.24) is 5.32 Å². The Balaban J connectivity index is 2.91. The zero-order chi connectivity index (χ0) is 9.94. The fourth-order valence-corrected chi connectivity index (χ4v) is 0.881. The van der Waals surface area contributed by atoms with Crippen molar-refractivity contribution in [2.45, 2.75) is 20.3 Å². The maximum absolute atomic E-state index is 5.30. The molecule has 0 saturated carbocycles. The Morgan fingerprint density at radius 3 is 2.62 bits per heavy atom. The maximum atomic E-state index is 5.30. The van der Waals surface area contributed by atoms with Gasteiger partial charge in [-0.1, -0.05) is 20.3 Å². The molecular weight excluding hydrogens is 166 g/mol. The van der Waals surface area contributed by atoms with Crippen LogP contribution in [0.15, 0.2) is 0 Å². The Morgan fingerprint density at radius 1 is 1.23 bits per heavy atom. The predicted molar refractivity (Wildman–Crippen MR) is 55.0 cm³/mol. The molecule has 0 aromatic rings. The fraction of sp³-hybridized carbons (Fsp3) is 1.00. The highest BCUT2D eigenvalue weighted by atomic mass is 16.5. The summed E-state index contributed by atoms with van der Waals surface area (Å²) in [7, 11) is 1.69. The molecule has 1 atom stereocenters. The molecule has 0 aliphatic rings. The van der Waals surface area contributed by atoms with Crippen molar-refractivity contribution in [1.29, 1.82) is 0 Å². The standard InChI is InChI=1S/C10H23NO2/c1-4-10(2)9-11-5-6-13-8-7-12-3/h10-11H,4-9H2,1-3H3. The van der Waals surface area contributed by atoms with Gasteiger partial charge in [0, 0.05) is 13.7 Å². The molecule has 0 aliphatic carbocycles. The fourth-order valence-electron chi connectivity index (χ4n) is 0.881. The van der Waals surface area contributed by atoms with E-state index >= 15 is 0 Å². The molecule has 0 radical (unpaired) electrons. The molecule has 0 bridgehead atoms. The molecule has 80 valence electrons. The number of nitrogens with one attached hydrogen (secondary N) is 1. The normalized spacial score (nSPS) is 13.2. The third-order valence-corrected chi connectivity index (χ3v) is 2.04. The second-order valence-corrected chi connectivity index (χ2v) is 3.32. The average Bonchev–Trinajstić information content (AvgIpc) is 2.16. The van der Waals surface area contributed by atoms with E-state index in [9.17, 15) is 0 Å². The molecule has 1 unspecified atom stereocenters. The van der Waals surface area contributed by atoms with Gasteiger partial charge in [-0.05, 0) is 12.5 Å². The minimum absolute atomic E-state index is 0.686. The van der Waals surface area contributed by atoms with Gasteiger partial charge in [0.05, 0.1) is 19.8 Å². The molecule has 0 aromatic carbocycles. The van der Waals surface area contributed by atoms with Gasteiger partial charge in [0.15, 0.2) is 0 Å². The number of hydrogen-bond donors (Lipinski definition) is 1. The average molecular weight is 189 g/mol. The molecule has 1 N–H and O–H groups in total. The Morgan fingerprint density at radius 2 is 2.00 bits per heavy atom. The van der Waals surface area contributed by atoms with Crippen molar-refractivity contribution >= 4 is 0 Å². The summed E-state index contributed by atoms with van der Waals surface area (Å²) >= 11 is 0. The summed E-state index contributed by atoms with van der Waals surface area (Å²) in [5.41, 5.74) is 0. The predicted octanol–water partition coefficient (Wildman–Crippen LogP) is 1.29. The lowest BCUT2D eigenvalue weighted by atomic mass is 10.1. The van der Waals surface area contributed by atoms with Gasteiger partial charge >= 0.3 is 0 Å². The summed E-state index contributed by atoms with van der Waals surface area (Å²) in [5.74, 6) is 0.763. The lowest BCUT2D eigenvalue weighted by Gasteiger charge is -2.09. The smallest absolute Gasteiger partial charge is 0.0700 e. The van der Waals surface area contributed by atoms with E-state index in [1.165, 1.54) is 6.42 Å².